The maximum absolute atomic E-state index is 12.3. The number of nitro benzene ring substituents is 1. The minimum atomic E-state index is -3.85. The molecule has 0 fully saturated rings. The average Bonchev–Trinajstić information content (AvgIpc) is 2.81. The minimum absolute atomic E-state index is 0.0326. The molecule has 0 spiro atoms. The highest BCUT2D eigenvalue weighted by molar-refractivity contribution is 7.52. The highest BCUT2D eigenvalue weighted by Crippen LogP contribution is 2.43. The van der Waals surface area contributed by atoms with E-state index in [1.165, 1.54) is 12.1 Å². The minimum Gasteiger partial charge on any atom is -0.359 e. The molecule has 2 atom stereocenters. The summed E-state index contributed by atoms with van der Waals surface area (Å²) in [5, 5.41) is 17.0. The maximum atomic E-state index is 12.3. The number of non-ortho nitro benzene ring substituents is 1. The molecule has 0 saturated heterocycles. The van der Waals surface area contributed by atoms with E-state index in [1.54, 1.807) is 19.1 Å². The molecule has 2 unspecified atom stereocenters. The topological polar surface area (TPSA) is 115 Å². The number of pyridine rings is 1. The number of rotatable bonds is 8. The van der Waals surface area contributed by atoms with Gasteiger partial charge in [-0.25, -0.2) is 4.98 Å². The smallest absolute Gasteiger partial charge is 0.347 e. The normalized spacial score (nSPS) is 14.2. The highest BCUT2D eigenvalue weighted by atomic mass is 31.2. The van der Waals surface area contributed by atoms with Gasteiger partial charge in [0.25, 0.3) is 5.69 Å². The summed E-state index contributed by atoms with van der Waals surface area (Å²) in [5.41, 5.74) is 1.95. The van der Waals surface area contributed by atoms with Crippen molar-refractivity contribution in [1.82, 2.24) is 4.98 Å². The number of anilines is 1. The molecule has 1 aromatic heterocycles. The van der Waals surface area contributed by atoms with Gasteiger partial charge in [0.1, 0.15) is 12.1 Å². The Morgan fingerprint density at radius 2 is 1.85 bits per heavy atom. The number of hydrogen-bond acceptors (Lipinski definition) is 6. The van der Waals surface area contributed by atoms with E-state index in [4.69, 9.17) is 4.52 Å². The monoisotopic (exact) mass is 465 g/mol. The predicted octanol–water partition coefficient (Wildman–Crippen LogP) is 6.33. The lowest BCUT2D eigenvalue weighted by Crippen LogP contribution is -2.11. The lowest BCUT2D eigenvalue weighted by Gasteiger charge is -2.17. The van der Waals surface area contributed by atoms with Crippen molar-refractivity contribution in [3.05, 3.63) is 76.8 Å². The fourth-order valence-corrected chi connectivity index (χ4v) is 4.81. The summed E-state index contributed by atoms with van der Waals surface area (Å²) in [6.07, 6.45) is -0.0241. The number of nitrogens with one attached hydrogen (secondary N) is 1. The Hall–Kier alpha value is -3.32. The second-order valence-electron chi connectivity index (χ2n) is 7.84. The first-order valence-corrected chi connectivity index (χ1v) is 12.3. The highest BCUT2D eigenvalue weighted by Gasteiger charge is 2.22. The van der Waals surface area contributed by atoms with Crippen molar-refractivity contribution >= 4 is 40.8 Å². The molecule has 0 aliphatic rings. The Balaban J connectivity index is 1.80. The number of aromatic nitrogens is 1. The Bertz CT molecular complexity index is 1390. The fourth-order valence-electron chi connectivity index (χ4n) is 3.66. The Morgan fingerprint density at radius 1 is 1.09 bits per heavy atom. The van der Waals surface area contributed by atoms with E-state index in [0.29, 0.717) is 28.7 Å². The van der Waals surface area contributed by atoms with Crippen LogP contribution in [0.2, 0.25) is 0 Å². The van der Waals surface area contributed by atoms with Gasteiger partial charge in [-0.1, -0.05) is 49.4 Å². The van der Waals surface area contributed by atoms with Crippen LogP contribution in [0.3, 0.4) is 0 Å². The zero-order valence-electron chi connectivity index (χ0n) is 18.3. The Morgan fingerprint density at radius 3 is 2.61 bits per heavy atom. The molecular weight excluding hydrogens is 441 g/mol. The second-order valence-corrected chi connectivity index (χ2v) is 9.64. The molecule has 8 nitrogen and oxygen atoms in total. The fraction of sp³-hybridized carbons (Fsp3) is 0.208. The van der Waals surface area contributed by atoms with E-state index in [9.17, 15) is 19.6 Å². The molecule has 0 aliphatic heterocycles. The lowest BCUT2D eigenvalue weighted by molar-refractivity contribution is -0.384. The van der Waals surface area contributed by atoms with Crippen molar-refractivity contribution < 1.29 is 18.9 Å². The molecule has 170 valence electrons. The summed E-state index contributed by atoms with van der Waals surface area (Å²) < 4.78 is 17.6. The largest absolute Gasteiger partial charge is 0.359 e. The zero-order valence-corrected chi connectivity index (χ0v) is 19.2. The zero-order chi connectivity index (χ0) is 23.6. The van der Waals surface area contributed by atoms with Crippen molar-refractivity contribution in [3.63, 3.8) is 0 Å². The van der Waals surface area contributed by atoms with Crippen LogP contribution in [0.5, 0.6) is 0 Å². The quantitative estimate of drug-likeness (QED) is 0.177. The molecule has 0 bridgehead atoms. The van der Waals surface area contributed by atoms with E-state index < -0.39 is 12.5 Å². The number of nitrogens with zero attached hydrogens (tertiary/aromatic N) is 2. The van der Waals surface area contributed by atoms with E-state index in [2.05, 4.69) is 10.3 Å². The van der Waals surface area contributed by atoms with E-state index in [1.807, 2.05) is 49.4 Å². The first-order chi connectivity index (χ1) is 15.8. The summed E-state index contributed by atoms with van der Waals surface area (Å²) in [6, 6.07) is 19.9. The van der Waals surface area contributed by atoms with Gasteiger partial charge in [0.05, 0.1) is 16.5 Å². The molecule has 0 amide bonds. The molecule has 4 aromatic rings. The molecule has 3 aromatic carbocycles. The molecule has 0 aliphatic carbocycles. The van der Waals surface area contributed by atoms with Gasteiger partial charge >= 0.3 is 7.60 Å². The summed E-state index contributed by atoms with van der Waals surface area (Å²) >= 11 is 0. The molecule has 0 saturated carbocycles. The first-order valence-electron chi connectivity index (χ1n) is 10.6. The van der Waals surface area contributed by atoms with Crippen molar-refractivity contribution in [2.75, 3.05) is 11.6 Å². The van der Waals surface area contributed by atoms with Gasteiger partial charge in [-0.05, 0) is 41.8 Å². The summed E-state index contributed by atoms with van der Waals surface area (Å²) in [4.78, 5) is 25.9. The van der Waals surface area contributed by atoms with Gasteiger partial charge in [-0.15, -0.1) is 0 Å². The molecule has 0 radical (unpaired) electrons. The average molecular weight is 465 g/mol. The number of nitro groups is 1. The molecule has 4 rings (SSSR count). The van der Waals surface area contributed by atoms with Crippen LogP contribution in [-0.2, 0) is 9.09 Å². The van der Waals surface area contributed by atoms with Crippen LogP contribution >= 0.6 is 7.60 Å². The summed E-state index contributed by atoms with van der Waals surface area (Å²) in [7, 11) is -3.85. The SMILES string of the molecule is CCC(C)OP(=O)(O)CNc1ccc2cc([N+](=O)[O-])cc(-c3cccc4ccccc34)c2n1. The standard InChI is InChI=1S/C24H24N3O5P/c1-3-16(2)32-33(30,31)15-25-23-12-11-18-13-19(27(28)29)14-22(24(18)26-23)21-10-6-8-17-7-4-5-9-20(17)21/h4-14,16H,3,15H2,1-2H3,(H,25,26)(H,30,31). The van der Waals surface area contributed by atoms with Gasteiger partial charge in [-0.2, -0.15) is 0 Å². The number of benzene rings is 3. The summed E-state index contributed by atoms with van der Waals surface area (Å²) in [6.45, 7) is 3.61. The number of hydrogen-bond donors (Lipinski definition) is 2. The van der Waals surface area contributed by atoms with Gasteiger partial charge in [0.2, 0.25) is 0 Å². The van der Waals surface area contributed by atoms with Crippen LogP contribution in [0.15, 0.2) is 66.7 Å². The van der Waals surface area contributed by atoms with Crippen LogP contribution in [-0.4, -0.2) is 27.2 Å². The third-order valence-corrected chi connectivity index (χ3v) is 6.69. The number of fused-ring (bicyclic) bond motifs is 2. The Kier molecular flexibility index (Phi) is 6.42. The van der Waals surface area contributed by atoms with Crippen LogP contribution in [0, 0.1) is 10.1 Å². The van der Waals surface area contributed by atoms with Gasteiger partial charge in [0.15, 0.2) is 0 Å². The van der Waals surface area contributed by atoms with Crippen molar-refractivity contribution in [1.29, 1.82) is 0 Å². The van der Waals surface area contributed by atoms with Crippen molar-refractivity contribution in [3.8, 4) is 11.1 Å². The molecular formula is C24H24N3O5P. The van der Waals surface area contributed by atoms with E-state index in [0.717, 1.165) is 16.3 Å². The summed E-state index contributed by atoms with van der Waals surface area (Å²) in [5.74, 6) is 0.375. The molecule has 2 N–H and O–H groups in total. The van der Waals surface area contributed by atoms with Crippen LogP contribution in [0.25, 0.3) is 32.8 Å². The van der Waals surface area contributed by atoms with Crippen LogP contribution in [0.4, 0.5) is 11.5 Å². The van der Waals surface area contributed by atoms with Crippen LogP contribution < -0.4 is 5.32 Å². The van der Waals surface area contributed by atoms with Gasteiger partial charge in [-0.3, -0.25) is 14.7 Å². The molecule has 1 heterocycles. The van der Waals surface area contributed by atoms with E-state index in [-0.39, 0.29) is 18.1 Å². The maximum Gasteiger partial charge on any atom is 0.347 e. The molecule has 33 heavy (non-hydrogen) atoms. The van der Waals surface area contributed by atoms with E-state index >= 15 is 0 Å². The Labute approximate surface area is 190 Å². The van der Waals surface area contributed by atoms with Crippen LogP contribution in [0.1, 0.15) is 20.3 Å². The third kappa shape index (κ3) is 5.03. The third-order valence-electron chi connectivity index (χ3n) is 5.45. The lowest BCUT2D eigenvalue weighted by atomic mass is 9.95. The molecule has 9 heteroatoms. The van der Waals surface area contributed by atoms with Crippen molar-refractivity contribution in [2.24, 2.45) is 0 Å². The second kappa shape index (κ2) is 9.27. The van der Waals surface area contributed by atoms with Crippen molar-refractivity contribution in [2.45, 2.75) is 26.4 Å². The first kappa shape index (κ1) is 22.9. The van der Waals surface area contributed by atoms with Gasteiger partial charge in [0, 0.05) is 23.1 Å². The van der Waals surface area contributed by atoms with Gasteiger partial charge < -0.3 is 14.7 Å². The predicted molar refractivity (Wildman–Crippen MR) is 130 cm³/mol.